The van der Waals surface area contributed by atoms with Crippen molar-refractivity contribution in [2.75, 3.05) is 6.61 Å². The molecule has 0 aliphatic heterocycles. The number of esters is 1. The second kappa shape index (κ2) is 6.69. The van der Waals surface area contributed by atoms with Gasteiger partial charge in [0.2, 0.25) is 5.76 Å². The van der Waals surface area contributed by atoms with E-state index in [2.05, 4.69) is 5.32 Å². The van der Waals surface area contributed by atoms with Gasteiger partial charge in [0.25, 0.3) is 5.91 Å². The molecule has 2 aromatic rings. The Morgan fingerprint density at radius 2 is 2.14 bits per heavy atom. The molecule has 1 heterocycles. The Kier molecular flexibility index (Phi) is 4.71. The third kappa shape index (κ3) is 4.17. The quantitative estimate of drug-likeness (QED) is 0.857. The van der Waals surface area contributed by atoms with Gasteiger partial charge in [-0.1, -0.05) is 12.1 Å². The summed E-state index contributed by atoms with van der Waals surface area (Å²) in [4.78, 5) is 23.0. The molecule has 1 aromatic carbocycles. The summed E-state index contributed by atoms with van der Waals surface area (Å²) < 4.78 is 22.9. The van der Waals surface area contributed by atoms with Crippen LogP contribution in [0.3, 0.4) is 0 Å². The SMILES string of the molecule is Cc1ccc(CNC(=O)COC(=O)c2ccco2)cc1F. The Balaban J connectivity index is 1.77. The molecule has 0 aliphatic rings. The standard InChI is InChI=1S/C15H14FNO4/c1-10-4-5-11(7-12(10)16)8-17-14(18)9-21-15(19)13-3-2-6-20-13/h2-7H,8-9H2,1H3,(H,17,18). The predicted molar refractivity (Wildman–Crippen MR) is 72.0 cm³/mol. The average molecular weight is 291 g/mol. The van der Waals surface area contributed by atoms with E-state index >= 15 is 0 Å². The van der Waals surface area contributed by atoms with Gasteiger partial charge >= 0.3 is 5.97 Å². The smallest absolute Gasteiger partial charge is 0.374 e. The topological polar surface area (TPSA) is 68.5 Å². The molecule has 0 atom stereocenters. The highest BCUT2D eigenvalue weighted by molar-refractivity contribution is 5.88. The number of rotatable bonds is 5. The first-order valence-electron chi connectivity index (χ1n) is 6.28. The van der Waals surface area contributed by atoms with Crippen LogP contribution in [0.1, 0.15) is 21.7 Å². The van der Waals surface area contributed by atoms with Gasteiger partial charge in [-0.05, 0) is 36.2 Å². The molecule has 0 saturated carbocycles. The number of halogens is 1. The molecule has 0 saturated heterocycles. The number of furan rings is 1. The fourth-order valence-corrected chi connectivity index (χ4v) is 1.59. The average Bonchev–Trinajstić information content (AvgIpc) is 3.00. The maximum atomic E-state index is 13.3. The minimum Gasteiger partial charge on any atom is -0.457 e. The highest BCUT2D eigenvalue weighted by Gasteiger charge is 2.12. The molecule has 1 amide bonds. The van der Waals surface area contributed by atoms with Crippen molar-refractivity contribution in [3.63, 3.8) is 0 Å². The summed E-state index contributed by atoms with van der Waals surface area (Å²) in [5.41, 5.74) is 1.17. The van der Waals surface area contributed by atoms with Crippen LogP contribution in [0.4, 0.5) is 4.39 Å². The van der Waals surface area contributed by atoms with E-state index in [0.29, 0.717) is 11.1 Å². The van der Waals surface area contributed by atoms with E-state index < -0.39 is 18.5 Å². The van der Waals surface area contributed by atoms with Crippen LogP contribution in [-0.4, -0.2) is 18.5 Å². The molecule has 0 spiro atoms. The maximum absolute atomic E-state index is 13.3. The summed E-state index contributed by atoms with van der Waals surface area (Å²) in [7, 11) is 0. The Bertz CT molecular complexity index is 637. The molecule has 6 heteroatoms. The first kappa shape index (κ1) is 14.8. The second-order valence-electron chi connectivity index (χ2n) is 4.41. The van der Waals surface area contributed by atoms with Gasteiger partial charge in [0.1, 0.15) is 5.82 Å². The molecule has 1 N–H and O–H groups in total. The van der Waals surface area contributed by atoms with Crippen molar-refractivity contribution in [3.8, 4) is 0 Å². The number of hydrogen-bond acceptors (Lipinski definition) is 4. The zero-order valence-corrected chi connectivity index (χ0v) is 11.4. The van der Waals surface area contributed by atoms with Crippen LogP contribution in [0.2, 0.25) is 0 Å². The van der Waals surface area contributed by atoms with Crippen molar-refractivity contribution in [2.45, 2.75) is 13.5 Å². The zero-order valence-electron chi connectivity index (χ0n) is 11.4. The highest BCUT2D eigenvalue weighted by Crippen LogP contribution is 2.08. The van der Waals surface area contributed by atoms with Crippen LogP contribution in [0.15, 0.2) is 41.0 Å². The normalized spacial score (nSPS) is 10.2. The Labute approximate surface area is 120 Å². The number of hydrogen-bond donors (Lipinski definition) is 1. The van der Waals surface area contributed by atoms with Gasteiger partial charge in [-0.2, -0.15) is 0 Å². The zero-order chi connectivity index (χ0) is 15.2. The molecular formula is C15H14FNO4. The molecule has 1 aromatic heterocycles. The molecule has 5 nitrogen and oxygen atoms in total. The largest absolute Gasteiger partial charge is 0.457 e. The number of nitrogens with one attached hydrogen (secondary N) is 1. The number of aryl methyl sites for hydroxylation is 1. The Morgan fingerprint density at radius 3 is 2.81 bits per heavy atom. The van der Waals surface area contributed by atoms with E-state index in [1.54, 1.807) is 25.1 Å². The number of carbonyl (C=O) groups excluding carboxylic acids is 2. The predicted octanol–water partition coefficient (Wildman–Crippen LogP) is 2.20. The summed E-state index contributed by atoms with van der Waals surface area (Å²) in [6, 6.07) is 7.68. The summed E-state index contributed by atoms with van der Waals surface area (Å²) in [5.74, 6) is -1.48. The molecule has 0 fully saturated rings. The minimum atomic E-state index is -0.712. The number of carbonyl (C=O) groups is 2. The lowest BCUT2D eigenvalue weighted by Crippen LogP contribution is -2.28. The van der Waals surface area contributed by atoms with Gasteiger partial charge in [0, 0.05) is 6.54 Å². The Morgan fingerprint density at radius 1 is 1.33 bits per heavy atom. The number of amides is 1. The van der Waals surface area contributed by atoms with E-state index in [0.717, 1.165) is 0 Å². The second-order valence-corrected chi connectivity index (χ2v) is 4.41. The van der Waals surface area contributed by atoms with Gasteiger partial charge in [-0.15, -0.1) is 0 Å². The molecule has 2 rings (SSSR count). The van der Waals surface area contributed by atoms with Gasteiger partial charge in [0.05, 0.1) is 6.26 Å². The van der Waals surface area contributed by atoms with Gasteiger partial charge < -0.3 is 14.5 Å². The van der Waals surface area contributed by atoms with E-state index in [4.69, 9.17) is 9.15 Å². The number of ether oxygens (including phenoxy) is 1. The van der Waals surface area contributed by atoms with Crippen LogP contribution >= 0.6 is 0 Å². The van der Waals surface area contributed by atoms with E-state index in [1.165, 1.54) is 18.4 Å². The van der Waals surface area contributed by atoms with Crippen LogP contribution in [0.25, 0.3) is 0 Å². The molecule has 0 radical (unpaired) electrons. The first-order chi connectivity index (χ1) is 10.1. The van der Waals surface area contributed by atoms with E-state index in [9.17, 15) is 14.0 Å². The van der Waals surface area contributed by atoms with Crippen molar-refractivity contribution in [1.82, 2.24) is 5.32 Å². The van der Waals surface area contributed by atoms with Gasteiger partial charge in [0.15, 0.2) is 6.61 Å². The first-order valence-corrected chi connectivity index (χ1v) is 6.28. The van der Waals surface area contributed by atoms with E-state index in [1.807, 2.05) is 0 Å². The van der Waals surface area contributed by atoms with Gasteiger partial charge in [-0.3, -0.25) is 4.79 Å². The lowest BCUT2D eigenvalue weighted by atomic mass is 10.1. The summed E-state index contributed by atoms with van der Waals surface area (Å²) in [5, 5.41) is 2.53. The van der Waals surface area contributed by atoms with Crippen molar-refractivity contribution in [3.05, 3.63) is 59.3 Å². The maximum Gasteiger partial charge on any atom is 0.374 e. The molecule has 110 valence electrons. The summed E-state index contributed by atoms with van der Waals surface area (Å²) in [6.45, 7) is 1.40. The Hall–Kier alpha value is -2.63. The van der Waals surface area contributed by atoms with E-state index in [-0.39, 0.29) is 18.1 Å². The highest BCUT2D eigenvalue weighted by atomic mass is 19.1. The fraction of sp³-hybridized carbons (Fsp3) is 0.200. The number of benzene rings is 1. The third-order valence-electron chi connectivity index (χ3n) is 2.78. The van der Waals surface area contributed by atoms with Crippen molar-refractivity contribution >= 4 is 11.9 Å². The third-order valence-corrected chi connectivity index (χ3v) is 2.78. The van der Waals surface area contributed by atoms with Crippen LogP contribution in [0, 0.1) is 12.7 Å². The lowest BCUT2D eigenvalue weighted by molar-refractivity contribution is -0.124. The van der Waals surface area contributed by atoms with Crippen molar-refractivity contribution in [2.24, 2.45) is 0 Å². The monoisotopic (exact) mass is 291 g/mol. The van der Waals surface area contributed by atoms with Crippen LogP contribution < -0.4 is 5.32 Å². The molecular weight excluding hydrogens is 277 g/mol. The van der Waals surface area contributed by atoms with Crippen molar-refractivity contribution in [1.29, 1.82) is 0 Å². The summed E-state index contributed by atoms with van der Waals surface area (Å²) in [6.07, 6.45) is 1.34. The molecule has 0 unspecified atom stereocenters. The molecule has 0 aliphatic carbocycles. The van der Waals surface area contributed by atoms with Crippen LogP contribution in [0.5, 0.6) is 0 Å². The summed E-state index contributed by atoms with van der Waals surface area (Å²) >= 11 is 0. The molecule has 21 heavy (non-hydrogen) atoms. The van der Waals surface area contributed by atoms with Gasteiger partial charge in [-0.25, -0.2) is 9.18 Å². The molecule has 0 bridgehead atoms. The minimum absolute atomic E-state index is 0.0309. The van der Waals surface area contributed by atoms with Crippen molar-refractivity contribution < 1.29 is 23.1 Å². The lowest BCUT2D eigenvalue weighted by Gasteiger charge is -2.06. The fourth-order valence-electron chi connectivity index (χ4n) is 1.59. The van der Waals surface area contributed by atoms with Crippen LogP contribution in [-0.2, 0) is 16.1 Å².